The van der Waals surface area contributed by atoms with Crippen LogP contribution in [-0.4, -0.2) is 24.1 Å². The second kappa shape index (κ2) is 6.06. The van der Waals surface area contributed by atoms with Crippen molar-refractivity contribution in [3.8, 4) is 5.75 Å². The highest BCUT2D eigenvalue weighted by Gasteiger charge is 2.20. The molecule has 1 heterocycles. The number of nitrogens with zero attached hydrogens (tertiary/aromatic N) is 1. The van der Waals surface area contributed by atoms with Crippen molar-refractivity contribution in [3.05, 3.63) is 22.7 Å². The summed E-state index contributed by atoms with van der Waals surface area (Å²) in [6.07, 6.45) is 0. The molecular formula is C14H19ClN2OS. The quantitative estimate of drug-likeness (QED) is 0.888. The van der Waals surface area contributed by atoms with Crippen LogP contribution in [0.25, 0.3) is 0 Å². The van der Waals surface area contributed by atoms with Gasteiger partial charge in [0.1, 0.15) is 5.75 Å². The van der Waals surface area contributed by atoms with Crippen LogP contribution in [0.3, 0.4) is 0 Å². The molecule has 0 fully saturated rings. The van der Waals surface area contributed by atoms with Crippen LogP contribution in [-0.2, 0) is 0 Å². The van der Waals surface area contributed by atoms with E-state index in [1.165, 1.54) is 0 Å². The maximum atomic E-state index is 6.11. The molecule has 3 nitrogen and oxygen atoms in total. The van der Waals surface area contributed by atoms with Gasteiger partial charge in [-0.25, -0.2) is 0 Å². The summed E-state index contributed by atoms with van der Waals surface area (Å²) in [6, 6.07) is 4.18. The minimum absolute atomic E-state index is 0.350. The lowest BCUT2D eigenvalue weighted by atomic mass is 10.1. The first-order valence-corrected chi connectivity index (χ1v) is 7.69. The van der Waals surface area contributed by atoms with Crippen LogP contribution < -0.4 is 10.1 Å². The number of ether oxygens (including phenoxy) is 1. The maximum absolute atomic E-state index is 6.11. The first-order chi connectivity index (χ1) is 9.01. The molecule has 1 N–H and O–H groups in total. The molecule has 2 rings (SSSR count). The SMILES string of the molecule is COc1cc(Cl)c(C)cc1NC1=NC(C)C(C)CS1. The van der Waals surface area contributed by atoms with Crippen molar-refractivity contribution in [1.82, 2.24) is 0 Å². The molecule has 2 unspecified atom stereocenters. The Morgan fingerprint density at radius 3 is 2.79 bits per heavy atom. The zero-order valence-corrected chi connectivity index (χ0v) is 13.2. The Hall–Kier alpha value is -0.870. The van der Waals surface area contributed by atoms with E-state index in [1.54, 1.807) is 18.9 Å². The molecule has 0 radical (unpaired) electrons. The summed E-state index contributed by atoms with van der Waals surface area (Å²) in [5.74, 6) is 2.44. The van der Waals surface area contributed by atoms with Crippen molar-refractivity contribution in [3.63, 3.8) is 0 Å². The Kier molecular flexibility index (Phi) is 4.63. The van der Waals surface area contributed by atoms with Gasteiger partial charge in [-0.2, -0.15) is 0 Å². The van der Waals surface area contributed by atoms with Crippen LogP contribution in [0.4, 0.5) is 5.69 Å². The van der Waals surface area contributed by atoms with Crippen molar-refractivity contribution in [1.29, 1.82) is 0 Å². The molecule has 0 amide bonds. The van der Waals surface area contributed by atoms with Crippen molar-refractivity contribution < 1.29 is 4.74 Å². The summed E-state index contributed by atoms with van der Waals surface area (Å²) in [7, 11) is 1.65. The van der Waals surface area contributed by atoms with Gasteiger partial charge in [0, 0.05) is 16.8 Å². The van der Waals surface area contributed by atoms with E-state index in [9.17, 15) is 0 Å². The number of hydrogen-bond donors (Lipinski definition) is 1. The average molecular weight is 299 g/mol. The predicted molar refractivity (Wildman–Crippen MR) is 84.9 cm³/mol. The lowest BCUT2D eigenvalue weighted by molar-refractivity contribution is 0.417. The van der Waals surface area contributed by atoms with Gasteiger partial charge >= 0.3 is 0 Å². The van der Waals surface area contributed by atoms with E-state index in [1.807, 2.05) is 19.1 Å². The summed E-state index contributed by atoms with van der Waals surface area (Å²) in [6.45, 7) is 6.36. The number of halogens is 1. The zero-order valence-electron chi connectivity index (χ0n) is 11.7. The van der Waals surface area contributed by atoms with E-state index in [0.717, 1.165) is 27.9 Å². The Morgan fingerprint density at radius 1 is 1.42 bits per heavy atom. The number of nitrogens with one attached hydrogen (secondary N) is 1. The van der Waals surface area contributed by atoms with Gasteiger partial charge in [-0.15, -0.1) is 0 Å². The van der Waals surface area contributed by atoms with Crippen molar-refractivity contribution in [2.45, 2.75) is 26.8 Å². The second-order valence-electron chi connectivity index (χ2n) is 4.89. The van der Waals surface area contributed by atoms with E-state index in [0.29, 0.717) is 17.0 Å². The van der Waals surface area contributed by atoms with Crippen LogP contribution >= 0.6 is 23.4 Å². The third kappa shape index (κ3) is 3.37. The molecule has 0 saturated carbocycles. The highest BCUT2D eigenvalue weighted by molar-refractivity contribution is 8.14. The number of anilines is 1. The monoisotopic (exact) mass is 298 g/mol. The fourth-order valence-corrected chi connectivity index (χ4v) is 3.09. The number of rotatable bonds is 2. The van der Waals surface area contributed by atoms with Gasteiger partial charge in [-0.05, 0) is 31.4 Å². The number of aliphatic imine (C=N–C) groups is 1. The van der Waals surface area contributed by atoms with Gasteiger partial charge in [0.05, 0.1) is 18.8 Å². The van der Waals surface area contributed by atoms with Gasteiger partial charge in [0.2, 0.25) is 0 Å². The molecule has 0 aliphatic carbocycles. The van der Waals surface area contributed by atoms with E-state index >= 15 is 0 Å². The van der Waals surface area contributed by atoms with E-state index in [-0.39, 0.29) is 0 Å². The van der Waals surface area contributed by atoms with Gasteiger partial charge in [0.25, 0.3) is 0 Å². The molecule has 1 aromatic carbocycles. The fourth-order valence-electron chi connectivity index (χ4n) is 1.81. The Bertz CT molecular complexity index is 504. The molecule has 0 aromatic heterocycles. The molecule has 0 spiro atoms. The van der Waals surface area contributed by atoms with Crippen molar-refractivity contribution in [2.75, 3.05) is 18.2 Å². The van der Waals surface area contributed by atoms with Crippen LogP contribution in [0.2, 0.25) is 5.02 Å². The van der Waals surface area contributed by atoms with Crippen LogP contribution in [0, 0.1) is 12.8 Å². The Labute approximate surface area is 123 Å². The lowest BCUT2D eigenvalue weighted by Crippen LogP contribution is -2.25. The number of thioether (sulfide) groups is 1. The first kappa shape index (κ1) is 14.5. The predicted octanol–water partition coefficient (Wildman–Crippen LogP) is 4.20. The summed E-state index contributed by atoms with van der Waals surface area (Å²) < 4.78 is 5.36. The van der Waals surface area contributed by atoms with Crippen molar-refractivity contribution >= 4 is 34.2 Å². The lowest BCUT2D eigenvalue weighted by Gasteiger charge is -2.24. The van der Waals surface area contributed by atoms with Gasteiger partial charge in [-0.1, -0.05) is 30.3 Å². The highest BCUT2D eigenvalue weighted by atomic mass is 35.5. The molecule has 0 bridgehead atoms. The minimum Gasteiger partial charge on any atom is -0.495 e. The molecule has 2 atom stereocenters. The number of amidine groups is 1. The van der Waals surface area contributed by atoms with Crippen LogP contribution in [0.1, 0.15) is 19.4 Å². The van der Waals surface area contributed by atoms with E-state index in [2.05, 4.69) is 24.2 Å². The van der Waals surface area contributed by atoms with Gasteiger partial charge < -0.3 is 10.1 Å². The number of benzene rings is 1. The molecule has 0 saturated heterocycles. The second-order valence-corrected chi connectivity index (χ2v) is 6.31. The molecule has 1 aliphatic heterocycles. The van der Waals surface area contributed by atoms with Crippen molar-refractivity contribution in [2.24, 2.45) is 10.9 Å². The maximum Gasteiger partial charge on any atom is 0.161 e. The number of methoxy groups -OCH3 is 1. The fraction of sp³-hybridized carbons (Fsp3) is 0.500. The molecule has 19 heavy (non-hydrogen) atoms. The van der Waals surface area contributed by atoms with Crippen LogP contribution in [0.5, 0.6) is 5.75 Å². The van der Waals surface area contributed by atoms with Crippen LogP contribution in [0.15, 0.2) is 17.1 Å². The summed E-state index contributed by atoms with van der Waals surface area (Å²) in [5.41, 5.74) is 1.94. The molecule has 1 aliphatic rings. The highest BCUT2D eigenvalue weighted by Crippen LogP contribution is 2.32. The molecule has 5 heteroatoms. The average Bonchev–Trinajstić information content (AvgIpc) is 2.38. The zero-order chi connectivity index (χ0) is 14.0. The number of hydrogen-bond acceptors (Lipinski definition) is 4. The first-order valence-electron chi connectivity index (χ1n) is 6.33. The third-order valence-electron chi connectivity index (χ3n) is 3.35. The summed E-state index contributed by atoms with van der Waals surface area (Å²) >= 11 is 7.86. The third-order valence-corrected chi connectivity index (χ3v) is 4.93. The summed E-state index contributed by atoms with van der Waals surface area (Å²) in [4.78, 5) is 4.67. The summed E-state index contributed by atoms with van der Waals surface area (Å²) in [5, 5.41) is 5.01. The smallest absolute Gasteiger partial charge is 0.161 e. The molecular weight excluding hydrogens is 280 g/mol. The van der Waals surface area contributed by atoms with E-state index < -0.39 is 0 Å². The largest absolute Gasteiger partial charge is 0.495 e. The Balaban J connectivity index is 2.24. The molecule has 1 aromatic rings. The molecule has 104 valence electrons. The normalized spacial score (nSPS) is 22.9. The topological polar surface area (TPSA) is 33.6 Å². The van der Waals surface area contributed by atoms with Gasteiger partial charge in [0.15, 0.2) is 5.17 Å². The number of aryl methyl sites for hydroxylation is 1. The Morgan fingerprint density at radius 2 is 2.16 bits per heavy atom. The minimum atomic E-state index is 0.350. The standard InChI is InChI=1S/C14H19ClN2OS/c1-8-5-12(13(18-4)6-11(8)15)17-14-16-10(3)9(2)7-19-14/h5-6,9-10H,7H2,1-4H3,(H,16,17). The van der Waals surface area contributed by atoms with Gasteiger partial charge in [-0.3, -0.25) is 4.99 Å². The van der Waals surface area contributed by atoms with E-state index in [4.69, 9.17) is 16.3 Å².